The van der Waals surface area contributed by atoms with Crippen LogP contribution in [-0.4, -0.2) is 65.8 Å². The van der Waals surface area contributed by atoms with Crippen molar-refractivity contribution in [3.8, 4) is 0 Å². The fourth-order valence-corrected chi connectivity index (χ4v) is 4.98. The first-order chi connectivity index (χ1) is 14.1. The fraction of sp³-hybridized carbons (Fsp3) is 0.667. The Bertz CT molecular complexity index is 719. The van der Waals surface area contributed by atoms with E-state index in [4.69, 9.17) is 0 Å². The zero-order valence-corrected chi connectivity index (χ0v) is 17.8. The van der Waals surface area contributed by atoms with Gasteiger partial charge < -0.3 is 9.80 Å². The molecule has 0 aliphatic carbocycles. The largest absolute Gasteiger partial charge is 0.342 e. The molecule has 0 saturated carbocycles. The van der Waals surface area contributed by atoms with Crippen LogP contribution in [0.15, 0.2) is 24.3 Å². The third-order valence-corrected chi connectivity index (χ3v) is 7.15. The Morgan fingerprint density at radius 3 is 2.28 bits per heavy atom. The Morgan fingerprint density at radius 1 is 0.862 bits per heavy atom. The molecule has 3 aliphatic rings. The molecule has 4 rings (SSSR count). The van der Waals surface area contributed by atoms with Gasteiger partial charge in [0.1, 0.15) is 0 Å². The summed E-state index contributed by atoms with van der Waals surface area (Å²) in [6, 6.07) is 8.47. The van der Waals surface area contributed by atoms with Gasteiger partial charge in [0, 0.05) is 32.6 Å². The van der Waals surface area contributed by atoms with Gasteiger partial charge in [0.25, 0.3) is 0 Å². The highest BCUT2D eigenvalue weighted by molar-refractivity contribution is 5.78. The van der Waals surface area contributed by atoms with E-state index in [-0.39, 0.29) is 0 Å². The summed E-state index contributed by atoms with van der Waals surface area (Å²) in [5, 5.41) is 0. The number of likely N-dealkylation sites (tertiary alicyclic amines) is 2. The Hall–Kier alpha value is -1.88. The minimum Gasteiger partial charge on any atom is -0.342 e. The second-order valence-electron chi connectivity index (χ2n) is 9.32. The quantitative estimate of drug-likeness (QED) is 0.785. The van der Waals surface area contributed by atoms with Crippen molar-refractivity contribution in [1.29, 1.82) is 0 Å². The topological polar surface area (TPSA) is 43.9 Å². The molecule has 158 valence electrons. The van der Waals surface area contributed by atoms with Crippen molar-refractivity contribution in [3.63, 3.8) is 0 Å². The zero-order chi connectivity index (χ0) is 20.2. The highest BCUT2D eigenvalue weighted by atomic mass is 16.2. The summed E-state index contributed by atoms with van der Waals surface area (Å²) >= 11 is 0. The predicted octanol–water partition coefficient (Wildman–Crippen LogP) is 2.93. The maximum Gasteiger partial charge on any atom is 0.236 e. The van der Waals surface area contributed by atoms with E-state index in [1.54, 1.807) is 0 Å². The van der Waals surface area contributed by atoms with Crippen LogP contribution in [0.1, 0.15) is 50.2 Å². The molecule has 1 aromatic rings. The van der Waals surface area contributed by atoms with Crippen LogP contribution in [0, 0.1) is 11.8 Å². The zero-order valence-electron chi connectivity index (χ0n) is 17.8. The van der Waals surface area contributed by atoms with Crippen molar-refractivity contribution < 1.29 is 9.59 Å². The van der Waals surface area contributed by atoms with Crippen molar-refractivity contribution in [2.45, 2.75) is 52.0 Å². The Morgan fingerprint density at radius 2 is 1.55 bits per heavy atom. The predicted molar refractivity (Wildman–Crippen MR) is 114 cm³/mol. The molecule has 0 atom stereocenters. The van der Waals surface area contributed by atoms with Crippen molar-refractivity contribution in [1.82, 2.24) is 14.7 Å². The van der Waals surface area contributed by atoms with E-state index in [2.05, 4.69) is 36.1 Å². The lowest BCUT2D eigenvalue weighted by Crippen LogP contribution is -2.46. The maximum absolute atomic E-state index is 12.8. The van der Waals surface area contributed by atoms with Gasteiger partial charge in [-0.3, -0.25) is 14.5 Å². The van der Waals surface area contributed by atoms with Crippen LogP contribution >= 0.6 is 0 Å². The van der Waals surface area contributed by atoms with E-state index in [1.807, 2.05) is 9.80 Å². The Balaban J connectivity index is 1.19. The molecule has 2 amide bonds. The second kappa shape index (κ2) is 9.29. The highest BCUT2D eigenvalue weighted by Crippen LogP contribution is 2.25. The number of rotatable bonds is 4. The number of carbonyl (C=O) groups excluding carboxylic acids is 2. The summed E-state index contributed by atoms with van der Waals surface area (Å²) in [4.78, 5) is 31.8. The van der Waals surface area contributed by atoms with Crippen LogP contribution in [-0.2, 0) is 22.6 Å². The molecule has 3 heterocycles. The van der Waals surface area contributed by atoms with Gasteiger partial charge in [-0.15, -0.1) is 0 Å². The van der Waals surface area contributed by atoms with Crippen LogP contribution in [0.3, 0.4) is 0 Å². The number of benzene rings is 1. The first-order valence-corrected chi connectivity index (χ1v) is 11.4. The van der Waals surface area contributed by atoms with E-state index >= 15 is 0 Å². The van der Waals surface area contributed by atoms with E-state index in [9.17, 15) is 9.59 Å². The number of hydrogen-bond donors (Lipinski definition) is 0. The number of hydrogen-bond acceptors (Lipinski definition) is 3. The molecule has 0 radical (unpaired) electrons. The van der Waals surface area contributed by atoms with Crippen molar-refractivity contribution in [3.05, 3.63) is 35.4 Å². The molecule has 3 aliphatic heterocycles. The van der Waals surface area contributed by atoms with Crippen molar-refractivity contribution >= 4 is 11.8 Å². The summed E-state index contributed by atoms with van der Waals surface area (Å²) in [7, 11) is 0. The van der Waals surface area contributed by atoms with E-state index in [0.717, 1.165) is 77.3 Å². The summed E-state index contributed by atoms with van der Waals surface area (Å²) in [5.41, 5.74) is 2.69. The van der Waals surface area contributed by atoms with E-state index in [1.165, 1.54) is 11.1 Å². The van der Waals surface area contributed by atoms with E-state index in [0.29, 0.717) is 30.7 Å². The van der Waals surface area contributed by atoms with Crippen molar-refractivity contribution in [2.24, 2.45) is 11.8 Å². The van der Waals surface area contributed by atoms with Crippen LogP contribution in [0.25, 0.3) is 0 Å². The minimum absolute atomic E-state index is 0.290. The number of fused-ring (bicyclic) bond motifs is 1. The standard InChI is InChI=1S/C24H35N3O2/c1-19-6-13-26(14-7-19)24(29)18-25-11-8-20(9-12-25)16-23(28)27-15-10-21-4-2-3-5-22(21)17-27/h2-5,19-20H,6-18H2,1H3. The fourth-order valence-electron chi connectivity index (χ4n) is 4.98. The van der Waals surface area contributed by atoms with Crippen LogP contribution in [0.5, 0.6) is 0 Å². The number of carbonyl (C=O) groups is 2. The van der Waals surface area contributed by atoms with Gasteiger partial charge in [-0.05, 0) is 68.2 Å². The Kier molecular flexibility index (Phi) is 6.53. The molecule has 0 aromatic heterocycles. The lowest BCUT2D eigenvalue weighted by molar-refractivity contribution is -0.135. The maximum atomic E-state index is 12.8. The highest BCUT2D eigenvalue weighted by Gasteiger charge is 2.28. The second-order valence-corrected chi connectivity index (χ2v) is 9.32. The average molecular weight is 398 g/mol. The van der Waals surface area contributed by atoms with Gasteiger partial charge in [-0.25, -0.2) is 0 Å². The molecule has 0 spiro atoms. The Labute approximate surface area is 175 Å². The lowest BCUT2D eigenvalue weighted by atomic mass is 9.92. The molecule has 5 nitrogen and oxygen atoms in total. The monoisotopic (exact) mass is 397 g/mol. The molecule has 2 saturated heterocycles. The van der Waals surface area contributed by atoms with Crippen LogP contribution in [0.4, 0.5) is 0 Å². The SMILES string of the molecule is CC1CCN(C(=O)CN2CCC(CC(=O)N3CCc4ccccc4C3)CC2)CC1. The molecule has 29 heavy (non-hydrogen) atoms. The minimum atomic E-state index is 0.290. The summed E-state index contributed by atoms with van der Waals surface area (Å²) in [5.74, 6) is 1.80. The summed E-state index contributed by atoms with van der Waals surface area (Å²) in [6.45, 7) is 8.16. The third kappa shape index (κ3) is 5.19. The number of amides is 2. The molecule has 0 bridgehead atoms. The van der Waals surface area contributed by atoms with Gasteiger partial charge in [0.15, 0.2) is 0 Å². The van der Waals surface area contributed by atoms with Gasteiger partial charge in [0.05, 0.1) is 6.54 Å². The average Bonchev–Trinajstić information content (AvgIpc) is 2.75. The molecular formula is C24H35N3O2. The summed E-state index contributed by atoms with van der Waals surface area (Å²) < 4.78 is 0. The number of piperidine rings is 2. The van der Waals surface area contributed by atoms with Crippen LogP contribution < -0.4 is 0 Å². The van der Waals surface area contributed by atoms with Crippen molar-refractivity contribution in [2.75, 3.05) is 39.3 Å². The van der Waals surface area contributed by atoms with Crippen LogP contribution in [0.2, 0.25) is 0 Å². The van der Waals surface area contributed by atoms with Gasteiger partial charge in [-0.1, -0.05) is 31.2 Å². The van der Waals surface area contributed by atoms with Gasteiger partial charge >= 0.3 is 0 Å². The van der Waals surface area contributed by atoms with Gasteiger partial charge in [0.2, 0.25) is 11.8 Å². The molecule has 0 unspecified atom stereocenters. The third-order valence-electron chi connectivity index (χ3n) is 7.15. The molecule has 1 aromatic carbocycles. The smallest absolute Gasteiger partial charge is 0.236 e. The lowest BCUT2D eigenvalue weighted by Gasteiger charge is -2.36. The normalized spacial score (nSPS) is 21.8. The van der Waals surface area contributed by atoms with Gasteiger partial charge in [-0.2, -0.15) is 0 Å². The number of nitrogens with zero attached hydrogens (tertiary/aromatic N) is 3. The summed E-state index contributed by atoms with van der Waals surface area (Å²) in [6.07, 6.45) is 5.96. The molecule has 5 heteroatoms. The first kappa shape index (κ1) is 20.4. The van der Waals surface area contributed by atoms with E-state index < -0.39 is 0 Å². The molecular weight excluding hydrogens is 362 g/mol. The first-order valence-electron chi connectivity index (χ1n) is 11.4. The molecule has 2 fully saturated rings. The molecule has 0 N–H and O–H groups in total.